The molecule has 0 saturated carbocycles. The predicted octanol–water partition coefficient (Wildman–Crippen LogP) is 2.80. The van der Waals surface area contributed by atoms with Crippen LogP contribution in [0.4, 0.5) is 5.69 Å². The summed E-state index contributed by atoms with van der Waals surface area (Å²) in [5.41, 5.74) is 2.67. The summed E-state index contributed by atoms with van der Waals surface area (Å²) >= 11 is 0. The van der Waals surface area contributed by atoms with Gasteiger partial charge in [0.2, 0.25) is 0 Å². The number of aryl methyl sites for hydroxylation is 1. The van der Waals surface area contributed by atoms with Crippen LogP contribution in [0.5, 0.6) is 0 Å². The lowest BCUT2D eigenvalue weighted by Crippen LogP contribution is -2.23. The predicted molar refractivity (Wildman–Crippen MR) is 96.1 cm³/mol. The van der Waals surface area contributed by atoms with Gasteiger partial charge < -0.3 is 10.2 Å². The van der Waals surface area contributed by atoms with Gasteiger partial charge in [-0.05, 0) is 36.0 Å². The Hall–Kier alpha value is -2.14. The van der Waals surface area contributed by atoms with E-state index in [1.807, 2.05) is 12.1 Å². The zero-order valence-corrected chi connectivity index (χ0v) is 14.7. The Kier molecular flexibility index (Phi) is 5.00. The van der Waals surface area contributed by atoms with Crippen LogP contribution in [0.2, 0.25) is 0 Å². The second-order valence-electron chi connectivity index (χ2n) is 7.02. The molecule has 3 rings (SSSR count). The number of aromatic nitrogens is 2. The number of hydrogen-bond donors (Lipinski definition) is 1. The fourth-order valence-electron chi connectivity index (χ4n) is 3.27. The van der Waals surface area contributed by atoms with E-state index in [1.165, 1.54) is 18.7 Å². The van der Waals surface area contributed by atoms with Crippen molar-refractivity contribution >= 4 is 11.6 Å². The molecule has 1 fully saturated rings. The number of carbonyl (C=O) groups excluding carboxylic acids is 1. The van der Waals surface area contributed by atoms with E-state index in [0.29, 0.717) is 5.56 Å². The minimum absolute atomic E-state index is 0.123. The highest BCUT2D eigenvalue weighted by Crippen LogP contribution is 2.22. The summed E-state index contributed by atoms with van der Waals surface area (Å²) in [6, 6.07) is 8.13. The van der Waals surface area contributed by atoms with Gasteiger partial charge in [0.15, 0.2) is 0 Å². The van der Waals surface area contributed by atoms with Crippen molar-refractivity contribution in [3.05, 3.63) is 47.8 Å². The first-order valence-corrected chi connectivity index (χ1v) is 8.62. The minimum Gasteiger partial charge on any atom is -0.322 e. The Morgan fingerprint density at radius 1 is 1.29 bits per heavy atom. The molecule has 0 spiro atoms. The number of anilines is 1. The molecule has 5 heteroatoms. The van der Waals surface area contributed by atoms with Crippen LogP contribution in [-0.4, -0.2) is 40.2 Å². The lowest BCUT2D eigenvalue weighted by molar-refractivity contribution is 0.102. The first-order chi connectivity index (χ1) is 11.5. The number of nitrogens with zero attached hydrogens (tertiary/aromatic N) is 3. The molecular weight excluding hydrogens is 300 g/mol. The van der Waals surface area contributed by atoms with E-state index in [0.717, 1.165) is 30.5 Å². The Morgan fingerprint density at radius 2 is 2.04 bits per heavy atom. The van der Waals surface area contributed by atoms with E-state index in [-0.39, 0.29) is 5.91 Å². The molecule has 1 aromatic heterocycles. The topological polar surface area (TPSA) is 50.2 Å². The number of amides is 1. The van der Waals surface area contributed by atoms with Crippen molar-refractivity contribution in [3.8, 4) is 0 Å². The highest BCUT2D eigenvalue weighted by Gasteiger charge is 2.25. The molecule has 1 aliphatic heterocycles. The van der Waals surface area contributed by atoms with Crippen LogP contribution in [0.3, 0.4) is 0 Å². The number of nitrogens with one attached hydrogen (secondary N) is 1. The quantitative estimate of drug-likeness (QED) is 0.919. The zero-order valence-electron chi connectivity index (χ0n) is 14.7. The van der Waals surface area contributed by atoms with Crippen molar-refractivity contribution in [2.24, 2.45) is 18.9 Å². The van der Waals surface area contributed by atoms with Crippen LogP contribution in [0.15, 0.2) is 36.7 Å². The average Bonchev–Trinajstić information content (AvgIpc) is 3.12. The summed E-state index contributed by atoms with van der Waals surface area (Å²) in [5, 5.41) is 6.98. The minimum atomic E-state index is -0.123. The Labute approximate surface area is 143 Å². The van der Waals surface area contributed by atoms with Gasteiger partial charge in [0.05, 0.1) is 11.8 Å². The Bertz CT molecular complexity index is 699. The monoisotopic (exact) mass is 326 g/mol. The average molecular weight is 326 g/mol. The molecule has 1 aliphatic rings. The van der Waals surface area contributed by atoms with Crippen molar-refractivity contribution in [3.63, 3.8) is 0 Å². The smallest absolute Gasteiger partial charge is 0.258 e. The van der Waals surface area contributed by atoms with Gasteiger partial charge in [0.25, 0.3) is 5.91 Å². The molecular formula is C19H26N4O. The van der Waals surface area contributed by atoms with Gasteiger partial charge in [-0.25, -0.2) is 0 Å². The summed E-state index contributed by atoms with van der Waals surface area (Å²) in [7, 11) is 1.80. The fraction of sp³-hybridized carbons (Fsp3) is 0.474. The third kappa shape index (κ3) is 4.03. The number of likely N-dealkylation sites (tertiary alicyclic amines) is 1. The summed E-state index contributed by atoms with van der Waals surface area (Å²) in [4.78, 5) is 14.7. The number of hydrogen-bond acceptors (Lipinski definition) is 3. The third-order valence-electron chi connectivity index (χ3n) is 4.93. The number of carbonyl (C=O) groups is 1. The molecule has 1 aromatic carbocycles. The van der Waals surface area contributed by atoms with Crippen molar-refractivity contribution in [2.75, 3.05) is 25.0 Å². The molecule has 5 nitrogen and oxygen atoms in total. The molecule has 1 amide bonds. The van der Waals surface area contributed by atoms with Crippen molar-refractivity contribution in [2.45, 2.75) is 20.3 Å². The summed E-state index contributed by atoms with van der Waals surface area (Å²) in [6.45, 7) is 8.13. The van der Waals surface area contributed by atoms with Gasteiger partial charge in [-0.1, -0.05) is 26.0 Å². The maximum atomic E-state index is 12.2. The molecule has 2 atom stereocenters. The van der Waals surface area contributed by atoms with Crippen LogP contribution >= 0.6 is 0 Å². The van der Waals surface area contributed by atoms with Gasteiger partial charge in [0, 0.05) is 38.6 Å². The van der Waals surface area contributed by atoms with Gasteiger partial charge >= 0.3 is 0 Å². The number of rotatable bonds is 5. The Morgan fingerprint density at radius 3 is 2.71 bits per heavy atom. The van der Waals surface area contributed by atoms with E-state index < -0.39 is 0 Å². The van der Waals surface area contributed by atoms with Crippen LogP contribution < -0.4 is 5.32 Å². The van der Waals surface area contributed by atoms with Crippen LogP contribution in [0.25, 0.3) is 0 Å². The second kappa shape index (κ2) is 7.18. The van der Waals surface area contributed by atoms with Gasteiger partial charge in [-0.15, -0.1) is 0 Å². The van der Waals surface area contributed by atoms with Crippen LogP contribution in [0, 0.1) is 11.8 Å². The van der Waals surface area contributed by atoms with Crippen LogP contribution in [-0.2, 0) is 13.5 Å². The van der Waals surface area contributed by atoms with Crippen molar-refractivity contribution < 1.29 is 4.79 Å². The van der Waals surface area contributed by atoms with Crippen molar-refractivity contribution in [1.82, 2.24) is 14.7 Å². The molecule has 2 heterocycles. The number of benzene rings is 1. The lowest BCUT2D eigenvalue weighted by Gasteiger charge is -2.15. The van der Waals surface area contributed by atoms with Gasteiger partial charge in [0.1, 0.15) is 0 Å². The fourth-order valence-corrected chi connectivity index (χ4v) is 3.27. The molecule has 1 N–H and O–H groups in total. The van der Waals surface area contributed by atoms with Crippen molar-refractivity contribution in [1.29, 1.82) is 0 Å². The third-order valence-corrected chi connectivity index (χ3v) is 4.93. The highest BCUT2D eigenvalue weighted by molar-refractivity contribution is 6.03. The summed E-state index contributed by atoms with van der Waals surface area (Å²) in [6.07, 6.45) is 4.31. The lowest BCUT2D eigenvalue weighted by atomic mass is 10.0. The molecule has 1 saturated heterocycles. The summed E-state index contributed by atoms with van der Waals surface area (Å²) in [5.74, 6) is 1.45. The molecule has 2 aromatic rings. The van der Waals surface area contributed by atoms with Gasteiger partial charge in [-0.3, -0.25) is 9.48 Å². The summed E-state index contributed by atoms with van der Waals surface area (Å²) < 4.78 is 1.63. The van der Waals surface area contributed by atoms with E-state index in [4.69, 9.17) is 0 Å². The maximum Gasteiger partial charge on any atom is 0.258 e. The molecule has 0 radical (unpaired) electrons. The molecule has 0 aliphatic carbocycles. The normalized spacial score (nSPS) is 21.1. The van der Waals surface area contributed by atoms with Crippen LogP contribution in [0.1, 0.15) is 29.8 Å². The molecule has 24 heavy (non-hydrogen) atoms. The van der Waals surface area contributed by atoms with E-state index in [1.54, 1.807) is 24.1 Å². The first kappa shape index (κ1) is 16.7. The van der Waals surface area contributed by atoms with E-state index in [9.17, 15) is 4.79 Å². The largest absolute Gasteiger partial charge is 0.322 e. The molecule has 0 bridgehead atoms. The Balaban J connectivity index is 1.57. The molecule has 128 valence electrons. The zero-order chi connectivity index (χ0) is 17.1. The van der Waals surface area contributed by atoms with E-state index in [2.05, 4.69) is 41.3 Å². The maximum absolute atomic E-state index is 12.2. The van der Waals surface area contributed by atoms with Gasteiger partial charge in [-0.2, -0.15) is 5.10 Å². The standard InChI is InChI=1S/C19H26N4O/c1-14-11-23(12-15(14)2)8-7-16-5-4-6-18(9-16)21-19(24)17-10-20-22(3)13-17/h4-6,9-10,13-15H,7-8,11-12H2,1-3H3,(H,21,24)/t14-,15-/m1/s1. The highest BCUT2D eigenvalue weighted by atomic mass is 16.1. The SMILES string of the molecule is C[C@@H]1CN(CCc2cccc(NC(=O)c3cnn(C)c3)c2)C[C@H]1C. The molecule has 0 unspecified atom stereocenters. The second-order valence-corrected chi connectivity index (χ2v) is 7.02. The van der Waals surface area contributed by atoms with E-state index >= 15 is 0 Å². The first-order valence-electron chi connectivity index (χ1n) is 8.62.